The van der Waals surface area contributed by atoms with Crippen LogP contribution in [0.5, 0.6) is 5.75 Å². The van der Waals surface area contributed by atoms with Crippen molar-refractivity contribution in [1.82, 2.24) is 15.2 Å². The summed E-state index contributed by atoms with van der Waals surface area (Å²) in [6.07, 6.45) is 0.677. The van der Waals surface area contributed by atoms with Gasteiger partial charge in [0.1, 0.15) is 5.75 Å². The largest absolute Gasteiger partial charge is 0.507 e. The van der Waals surface area contributed by atoms with Gasteiger partial charge >= 0.3 is 0 Å². The van der Waals surface area contributed by atoms with E-state index in [1.807, 2.05) is 24.3 Å². The molecule has 9 heteroatoms. The molecule has 1 saturated heterocycles. The Bertz CT molecular complexity index is 1270. The molecule has 0 atom stereocenters. The number of benzene rings is 3. The number of hydrogen-bond donors (Lipinski definition) is 3. The molecule has 1 aliphatic rings. The molecular formula is C23H23N3O5S. The summed E-state index contributed by atoms with van der Waals surface area (Å²) >= 11 is 0. The number of piperidine rings is 1. The maximum absolute atomic E-state index is 13.1. The molecule has 0 aliphatic carbocycles. The number of nitrogens with zero attached hydrogens (tertiary/aromatic N) is 1. The number of sulfonamides is 1. The van der Waals surface area contributed by atoms with Gasteiger partial charge in [-0.05, 0) is 47.9 Å². The highest BCUT2D eigenvalue weighted by molar-refractivity contribution is 7.89. The van der Waals surface area contributed by atoms with Crippen LogP contribution >= 0.6 is 0 Å². The Balaban J connectivity index is 1.35. The van der Waals surface area contributed by atoms with Gasteiger partial charge in [0.25, 0.3) is 5.91 Å². The van der Waals surface area contributed by atoms with Gasteiger partial charge in [-0.15, -0.1) is 0 Å². The number of nitrogens with one attached hydrogen (secondary N) is 2. The zero-order valence-electron chi connectivity index (χ0n) is 17.2. The summed E-state index contributed by atoms with van der Waals surface area (Å²) in [7, 11) is -3.67. The van der Waals surface area contributed by atoms with E-state index in [1.54, 1.807) is 30.3 Å². The molecule has 0 spiro atoms. The fraction of sp³-hybridized carbons (Fsp3) is 0.217. The van der Waals surface area contributed by atoms with E-state index in [4.69, 9.17) is 0 Å². The summed E-state index contributed by atoms with van der Waals surface area (Å²) in [5, 5.41) is 11.5. The number of rotatable bonds is 4. The zero-order chi connectivity index (χ0) is 22.7. The van der Waals surface area contributed by atoms with Crippen LogP contribution in [0.4, 0.5) is 0 Å². The Morgan fingerprint density at radius 3 is 2.25 bits per heavy atom. The number of phenols is 1. The maximum Gasteiger partial charge on any atom is 0.273 e. The van der Waals surface area contributed by atoms with E-state index < -0.39 is 27.8 Å². The molecule has 1 aliphatic heterocycles. The predicted molar refractivity (Wildman–Crippen MR) is 119 cm³/mol. The predicted octanol–water partition coefficient (Wildman–Crippen LogP) is 2.41. The van der Waals surface area contributed by atoms with Crippen LogP contribution in [0, 0.1) is 5.92 Å². The summed E-state index contributed by atoms with van der Waals surface area (Å²) in [6.45, 7) is 0.418. The van der Waals surface area contributed by atoms with E-state index in [0.29, 0.717) is 12.8 Å². The first-order valence-electron chi connectivity index (χ1n) is 10.2. The van der Waals surface area contributed by atoms with E-state index in [2.05, 4.69) is 10.9 Å². The number of carbonyl (C=O) groups excluding carboxylic acids is 2. The lowest BCUT2D eigenvalue weighted by Crippen LogP contribution is -2.48. The van der Waals surface area contributed by atoms with Gasteiger partial charge in [-0.25, -0.2) is 8.42 Å². The first kappa shape index (κ1) is 21.8. The van der Waals surface area contributed by atoms with Gasteiger partial charge in [0, 0.05) is 19.0 Å². The summed E-state index contributed by atoms with van der Waals surface area (Å²) < 4.78 is 27.5. The lowest BCUT2D eigenvalue weighted by molar-refractivity contribution is -0.126. The van der Waals surface area contributed by atoms with E-state index in [9.17, 15) is 23.1 Å². The van der Waals surface area contributed by atoms with Crippen molar-refractivity contribution in [3.63, 3.8) is 0 Å². The van der Waals surface area contributed by atoms with Gasteiger partial charge < -0.3 is 5.11 Å². The number of aromatic hydroxyl groups is 1. The van der Waals surface area contributed by atoms with Crippen molar-refractivity contribution in [2.24, 2.45) is 5.92 Å². The van der Waals surface area contributed by atoms with Crippen molar-refractivity contribution in [3.05, 3.63) is 72.3 Å². The maximum atomic E-state index is 13.1. The third-order valence-electron chi connectivity index (χ3n) is 5.63. The second-order valence-electron chi connectivity index (χ2n) is 7.65. The van der Waals surface area contributed by atoms with Crippen molar-refractivity contribution in [3.8, 4) is 5.75 Å². The second kappa shape index (κ2) is 8.97. The molecule has 3 aromatic carbocycles. The Labute approximate surface area is 185 Å². The highest BCUT2D eigenvalue weighted by Crippen LogP contribution is 2.26. The second-order valence-corrected chi connectivity index (χ2v) is 9.59. The van der Waals surface area contributed by atoms with Crippen LogP contribution in [0.2, 0.25) is 0 Å². The Morgan fingerprint density at radius 2 is 1.53 bits per heavy atom. The molecule has 2 amide bonds. The van der Waals surface area contributed by atoms with E-state index in [1.165, 1.54) is 16.4 Å². The van der Waals surface area contributed by atoms with Crippen LogP contribution < -0.4 is 10.9 Å². The molecule has 1 fully saturated rings. The summed E-state index contributed by atoms with van der Waals surface area (Å²) in [5.41, 5.74) is 4.70. The SMILES string of the molecule is O=C(NNC(=O)C1CCN(S(=O)(=O)c2ccc3ccccc3c2)CC1)c1ccccc1O. The Morgan fingerprint density at radius 1 is 0.875 bits per heavy atom. The monoisotopic (exact) mass is 453 g/mol. The highest BCUT2D eigenvalue weighted by Gasteiger charge is 2.32. The molecular weight excluding hydrogens is 430 g/mol. The number of fused-ring (bicyclic) bond motifs is 1. The van der Waals surface area contributed by atoms with E-state index in [0.717, 1.165) is 10.8 Å². The standard InChI is InChI=1S/C23H23N3O5S/c27-21-8-4-3-7-20(21)23(29)25-24-22(28)17-11-13-26(14-12-17)32(30,31)19-10-9-16-5-1-2-6-18(16)15-19/h1-10,15,17,27H,11-14H2,(H,24,28)(H,25,29). The number of carbonyl (C=O) groups is 2. The van der Waals surface area contributed by atoms with Gasteiger partial charge in [-0.3, -0.25) is 20.4 Å². The van der Waals surface area contributed by atoms with E-state index in [-0.39, 0.29) is 29.3 Å². The molecule has 0 unspecified atom stereocenters. The highest BCUT2D eigenvalue weighted by atomic mass is 32.2. The van der Waals surface area contributed by atoms with Gasteiger partial charge in [-0.1, -0.05) is 42.5 Å². The van der Waals surface area contributed by atoms with Crippen LogP contribution in [0.25, 0.3) is 10.8 Å². The van der Waals surface area contributed by atoms with Gasteiger partial charge in [0.2, 0.25) is 15.9 Å². The number of hydrazine groups is 1. The van der Waals surface area contributed by atoms with Gasteiger partial charge in [0.05, 0.1) is 10.5 Å². The normalized spacial score (nSPS) is 15.4. The quantitative estimate of drug-likeness (QED) is 0.525. The van der Waals surface area contributed by atoms with Crippen LogP contribution in [0.1, 0.15) is 23.2 Å². The van der Waals surface area contributed by atoms with Crippen LogP contribution in [0.3, 0.4) is 0 Å². The Hall–Kier alpha value is -3.43. The lowest BCUT2D eigenvalue weighted by atomic mass is 9.98. The Kier molecular flexibility index (Phi) is 6.11. The lowest BCUT2D eigenvalue weighted by Gasteiger charge is -2.30. The first-order chi connectivity index (χ1) is 15.4. The average molecular weight is 454 g/mol. The van der Waals surface area contributed by atoms with Crippen molar-refractivity contribution in [1.29, 1.82) is 0 Å². The third kappa shape index (κ3) is 4.44. The molecule has 1 heterocycles. The number of amides is 2. The van der Waals surface area contributed by atoms with E-state index >= 15 is 0 Å². The fourth-order valence-electron chi connectivity index (χ4n) is 3.79. The van der Waals surface area contributed by atoms with Crippen LogP contribution in [-0.2, 0) is 14.8 Å². The van der Waals surface area contributed by atoms with Gasteiger partial charge in [0.15, 0.2) is 0 Å². The molecule has 3 aromatic rings. The third-order valence-corrected chi connectivity index (χ3v) is 7.53. The number of phenolic OH excluding ortho intramolecular Hbond substituents is 1. The number of hydrogen-bond acceptors (Lipinski definition) is 5. The van der Waals surface area contributed by atoms with Crippen LogP contribution in [-0.4, -0.2) is 42.7 Å². The smallest absolute Gasteiger partial charge is 0.273 e. The number of para-hydroxylation sites is 1. The average Bonchev–Trinajstić information content (AvgIpc) is 2.82. The molecule has 8 nitrogen and oxygen atoms in total. The van der Waals surface area contributed by atoms with Crippen molar-refractivity contribution >= 4 is 32.6 Å². The van der Waals surface area contributed by atoms with Gasteiger partial charge in [-0.2, -0.15) is 4.31 Å². The first-order valence-corrected chi connectivity index (χ1v) is 11.7. The summed E-state index contributed by atoms with van der Waals surface area (Å²) in [4.78, 5) is 24.8. The molecule has 0 radical (unpaired) electrons. The van der Waals surface area contributed by atoms with Crippen molar-refractivity contribution in [2.45, 2.75) is 17.7 Å². The minimum atomic E-state index is -3.67. The molecule has 166 valence electrons. The summed E-state index contributed by atoms with van der Waals surface area (Å²) in [5.74, 6) is -1.64. The minimum Gasteiger partial charge on any atom is -0.507 e. The van der Waals surface area contributed by atoms with Crippen LogP contribution in [0.15, 0.2) is 71.6 Å². The molecule has 0 aromatic heterocycles. The molecule has 3 N–H and O–H groups in total. The molecule has 32 heavy (non-hydrogen) atoms. The molecule has 0 saturated carbocycles. The fourth-order valence-corrected chi connectivity index (χ4v) is 5.29. The molecule has 4 rings (SSSR count). The molecule has 0 bridgehead atoms. The minimum absolute atomic E-state index is 0.0455. The zero-order valence-corrected chi connectivity index (χ0v) is 18.0. The van der Waals surface area contributed by atoms with Crippen molar-refractivity contribution < 1.29 is 23.1 Å². The summed E-state index contributed by atoms with van der Waals surface area (Å²) in [6, 6.07) is 18.6. The van der Waals surface area contributed by atoms with Crippen molar-refractivity contribution in [2.75, 3.05) is 13.1 Å². The topological polar surface area (TPSA) is 116 Å².